The Labute approximate surface area is 230 Å². The molecule has 2 aromatic carbocycles. The number of carbonyl (C=O) groups is 2. The largest absolute Gasteiger partial charge is 0.493 e. The van der Waals surface area contributed by atoms with E-state index in [2.05, 4.69) is 10.2 Å². The predicted octanol–water partition coefficient (Wildman–Crippen LogP) is 3.15. The average molecular weight is 538 g/mol. The zero-order valence-electron chi connectivity index (χ0n) is 23.1. The van der Waals surface area contributed by atoms with Gasteiger partial charge in [-0.1, -0.05) is 18.2 Å². The molecule has 9 nitrogen and oxygen atoms in total. The molecule has 3 aliphatic heterocycles. The fraction of sp³-hybridized carbons (Fsp3) is 0.533. The molecular formula is C30H39N3O6. The number of morpholine rings is 1. The number of hydrogen-bond donors (Lipinski definition) is 1. The molecule has 0 saturated carbocycles. The summed E-state index contributed by atoms with van der Waals surface area (Å²) < 4.78 is 23.5. The number of carbonyl (C=O) groups excluding carboxylic acids is 2. The molecule has 1 N–H and O–H groups in total. The molecule has 5 rings (SSSR count). The van der Waals surface area contributed by atoms with Crippen LogP contribution in [0.25, 0.3) is 0 Å². The van der Waals surface area contributed by atoms with Crippen LogP contribution in [0.1, 0.15) is 37.8 Å². The van der Waals surface area contributed by atoms with Crippen LogP contribution in [-0.4, -0.2) is 85.8 Å². The zero-order valence-corrected chi connectivity index (χ0v) is 23.1. The monoisotopic (exact) mass is 537 g/mol. The first-order valence-electron chi connectivity index (χ1n) is 13.8. The molecule has 0 unspecified atom stereocenters. The molecule has 0 aliphatic carbocycles. The topological polar surface area (TPSA) is 89.6 Å². The van der Waals surface area contributed by atoms with E-state index in [1.165, 1.54) is 0 Å². The lowest BCUT2D eigenvalue weighted by Crippen LogP contribution is -2.63. The summed E-state index contributed by atoms with van der Waals surface area (Å²) in [6, 6.07) is 13.2. The van der Waals surface area contributed by atoms with Gasteiger partial charge >= 0.3 is 0 Å². The van der Waals surface area contributed by atoms with Crippen molar-refractivity contribution >= 4 is 11.8 Å². The maximum Gasteiger partial charge on any atom is 0.242 e. The number of aryl methyl sites for hydroxylation is 1. The molecule has 3 heterocycles. The molecule has 3 aliphatic rings. The van der Waals surface area contributed by atoms with E-state index in [0.29, 0.717) is 69.4 Å². The van der Waals surface area contributed by atoms with E-state index < -0.39 is 5.54 Å². The average Bonchev–Trinajstić information content (AvgIpc) is 2.95. The third kappa shape index (κ3) is 6.37. The van der Waals surface area contributed by atoms with Crippen LogP contribution in [0.2, 0.25) is 0 Å². The summed E-state index contributed by atoms with van der Waals surface area (Å²) in [5, 5.41) is 3.19. The lowest BCUT2D eigenvalue weighted by molar-refractivity contribution is -0.150. The highest BCUT2D eigenvalue weighted by atomic mass is 16.5. The number of likely N-dealkylation sites (tertiary alicyclic amines) is 1. The van der Waals surface area contributed by atoms with Gasteiger partial charge in [0.25, 0.3) is 0 Å². The Hall–Kier alpha value is -3.14. The molecule has 0 aromatic heterocycles. The van der Waals surface area contributed by atoms with Gasteiger partial charge in [0, 0.05) is 32.6 Å². The second-order valence-electron chi connectivity index (χ2n) is 11.0. The summed E-state index contributed by atoms with van der Waals surface area (Å²) in [5.74, 6) is 1.93. The fourth-order valence-corrected chi connectivity index (χ4v) is 5.62. The molecule has 0 radical (unpaired) electrons. The molecule has 2 atom stereocenters. The molecular weight excluding hydrogens is 498 g/mol. The highest BCUT2D eigenvalue weighted by Crippen LogP contribution is 2.33. The van der Waals surface area contributed by atoms with Crippen LogP contribution in [0.3, 0.4) is 0 Å². The summed E-state index contributed by atoms with van der Waals surface area (Å²) in [6.07, 6.45) is 1.30. The van der Waals surface area contributed by atoms with Crippen molar-refractivity contribution in [2.45, 2.75) is 57.4 Å². The maximum atomic E-state index is 13.7. The van der Waals surface area contributed by atoms with Crippen molar-refractivity contribution in [2.75, 3.05) is 46.5 Å². The van der Waals surface area contributed by atoms with Gasteiger partial charge in [-0.3, -0.25) is 14.5 Å². The van der Waals surface area contributed by atoms with Gasteiger partial charge in [-0.15, -0.1) is 0 Å². The molecule has 39 heavy (non-hydrogen) atoms. The Morgan fingerprint density at radius 3 is 2.67 bits per heavy atom. The van der Waals surface area contributed by atoms with Crippen molar-refractivity contribution in [3.63, 3.8) is 0 Å². The van der Waals surface area contributed by atoms with E-state index >= 15 is 0 Å². The second-order valence-corrected chi connectivity index (χ2v) is 11.0. The van der Waals surface area contributed by atoms with Crippen LogP contribution in [0.5, 0.6) is 17.2 Å². The molecule has 2 aromatic rings. The number of methoxy groups -OCH3 is 1. The van der Waals surface area contributed by atoms with Gasteiger partial charge in [-0.05, 0) is 62.1 Å². The SMILES string of the molecule is COc1ccc2cc1Oc1cccc(c1)CO[C@@H]1CCN(C(=O)C(C)(C)N3CCOCC3)C[C@@H]1NC(=O)CC2. The van der Waals surface area contributed by atoms with Crippen LogP contribution in [0.4, 0.5) is 0 Å². The van der Waals surface area contributed by atoms with Crippen molar-refractivity contribution < 1.29 is 28.5 Å². The predicted molar refractivity (Wildman–Crippen MR) is 146 cm³/mol. The van der Waals surface area contributed by atoms with Gasteiger partial charge in [-0.25, -0.2) is 0 Å². The lowest BCUT2D eigenvalue weighted by Gasteiger charge is -2.45. The minimum atomic E-state index is -0.645. The van der Waals surface area contributed by atoms with Crippen LogP contribution in [0, 0.1) is 0 Å². The molecule has 9 heteroatoms. The van der Waals surface area contributed by atoms with Crippen molar-refractivity contribution in [3.8, 4) is 17.2 Å². The first-order chi connectivity index (χ1) is 18.8. The van der Waals surface area contributed by atoms with E-state index in [-0.39, 0.29) is 24.0 Å². The Balaban J connectivity index is 1.36. The summed E-state index contributed by atoms with van der Waals surface area (Å²) in [7, 11) is 1.61. The number of piperidine rings is 1. The summed E-state index contributed by atoms with van der Waals surface area (Å²) in [6.45, 7) is 8.06. The highest BCUT2D eigenvalue weighted by Gasteiger charge is 2.42. The maximum absolute atomic E-state index is 13.7. The van der Waals surface area contributed by atoms with Crippen molar-refractivity contribution in [2.24, 2.45) is 0 Å². The number of amides is 2. The van der Waals surface area contributed by atoms with Crippen molar-refractivity contribution in [3.05, 3.63) is 53.6 Å². The van der Waals surface area contributed by atoms with Crippen LogP contribution in [-0.2, 0) is 32.1 Å². The lowest BCUT2D eigenvalue weighted by atomic mass is 9.95. The van der Waals surface area contributed by atoms with Crippen LogP contribution >= 0.6 is 0 Å². The van der Waals surface area contributed by atoms with Gasteiger partial charge in [0.1, 0.15) is 5.75 Å². The summed E-state index contributed by atoms with van der Waals surface area (Å²) in [5.41, 5.74) is 1.30. The van der Waals surface area contributed by atoms with E-state index in [1.54, 1.807) is 7.11 Å². The number of rotatable bonds is 3. The number of nitrogens with one attached hydrogen (secondary N) is 1. The first-order valence-corrected chi connectivity index (χ1v) is 13.8. The zero-order chi connectivity index (χ0) is 27.4. The Morgan fingerprint density at radius 2 is 1.87 bits per heavy atom. The van der Waals surface area contributed by atoms with Crippen molar-refractivity contribution in [1.29, 1.82) is 0 Å². The van der Waals surface area contributed by atoms with E-state index in [9.17, 15) is 9.59 Å². The first kappa shape index (κ1) is 27.4. The Kier molecular flexibility index (Phi) is 8.40. The number of fused-ring (bicyclic) bond motifs is 5. The third-order valence-electron chi connectivity index (χ3n) is 7.97. The quantitative estimate of drug-likeness (QED) is 0.644. The third-order valence-corrected chi connectivity index (χ3v) is 7.97. The number of ether oxygens (including phenoxy) is 4. The molecule has 2 saturated heterocycles. The molecule has 0 spiro atoms. The van der Waals surface area contributed by atoms with Gasteiger partial charge in [0.05, 0.1) is 44.6 Å². The number of nitrogens with zero attached hydrogens (tertiary/aromatic N) is 2. The minimum Gasteiger partial charge on any atom is -0.493 e. The summed E-state index contributed by atoms with van der Waals surface area (Å²) in [4.78, 5) is 30.9. The smallest absolute Gasteiger partial charge is 0.242 e. The van der Waals surface area contributed by atoms with Gasteiger partial charge < -0.3 is 29.2 Å². The number of hydrogen-bond acceptors (Lipinski definition) is 7. The Bertz CT molecular complexity index is 1180. The van der Waals surface area contributed by atoms with Crippen molar-refractivity contribution in [1.82, 2.24) is 15.1 Å². The summed E-state index contributed by atoms with van der Waals surface area (Å²) >= 11 is 0. The van der Waals surface area contributed by atoms with Crippen LogP contribution < -0.4 is 14.8 Å². The highest BCUT2D eigenvalue weighted by molar-refractivity contribution is 5.86. The standard InChI is InChI=1S/C30H39N3O6/c1-30(2,33-13-15-37-16-14-33)29(35)32-12-11-25-24(19-32)31-28(34)10-8-21-7-9-26(36-3)27(18-21)39-23-6-4-5-22(17-23)20-38-25/h4-7,9,17-18,24-25H,8,10-16,19-20H2,1-3H3,(H,31,34)/t24-,25+/m0/s1. The second kappa shape index (κ2) is 11.9. The normalized spacial score (nSPS) is 22.9. The van der Waals surface area contributed by atoms with E-state index in [0.717, 1.165) is 24.2 Å². The van der Waals surface area contributed by atoms with Gasteiger partial charge in [0.2, 0.25) is 11.8 Å². The molecule has 210 valence electrons. The molecule has 2 amide bonds. The Morgan fingerprint density at radius 1 is 1.05 bits per heavy atom. The minimum absolute atomic E-state index is 0.0657. The molecule has 4 bridgehead atoms. The molecule has 2 fully saturated rings. The van der Waals surface area contributed by atoms with Gasteiger partial charge in [0.15, 0.2) is 11.5 Å². The fourth-order valence-electron chi connectivity index (χ4n) is 5.62. The number of benzene rings is 2. The van der Waals surface area contributed by atoms with E-state index in [1.807, 2.05) is 61.2 Å². The van der Waals surface area contributed by atoms with Gasteiger partial charge in [-0.2, -0.15) is 0 Å². The van der Waals surface area contributed by atoms with Crippen LogP contribution in [0.15, 0.2) is 42.5 Å². The van der Waals surface area contributed by atoms with E-state index in [4.69, 9.17) is 18.9 Å².